The van der Waals surface area contributed by atoms with Crippen molar-refractivity contribution in [2.75, 3.05) is 0 Å². The van der Waals surface area contributed by atoms with Gasteiger partial charge in [-0.25, -0.2) is 21.6 Å². The second kappa shape index (κ2) is 6.75. The summed E-state index contributed by atoms with van der Waals surface area (Å²) in [6.45, 7) is 0. The summed E-state index contributed by atoms with van der Waals surface area (Å²) in [6.07, 6.45) is -1.56. The lowest BCUT2D eigenvalue weighted by atomic mass is 10.00. The molecule has 0 unspecified atom stereocenters. The highest BCUT2D eigenvalue weighted by molar-refractivity contribution is 7.92. The second-order valence-corrected chi connectivity index (χ2v) is 9.48. The van der Waals surface area contributed by atoms with Crippen molar-refractivity contribution < 1.29 is 31.4 Å². The van der Waals surface area contributed by atoms with Gasteiger partial charge in [0, 0.05) is 23.6 Å². The SMILES string of the molecule is N#Cc1cc(F)cc(Oc2ccc(S(=O)(=O)C3CCC3)c3c2CC(F)(F)[C@H]3O)c1. The van der Waals surface area contributed by atoms with Gasteiger partial charge >= 0.3 is 0 Å². The monoisotopic (exact) mass is 423 g/mol. The maximum absolute atomic E-state index is 14.3. The van der Waals surface area contributed by atoms with Gasteiger partial charge in [-0.1, -0.05) is 6.42 Å². The summed E-state index contributed by atoms with van der Waals surface area (Å²) >= 11 is 0. The van der Waals surface area contributed by atoms with Crippen molar-refractivity contribution in [3.8, 4) is 17.6 Å². The molecule has 1 N–H and O–H groups in total. The van der Waals surface area contributed by atoms with Crippen LogP contribution in [0.3, 0.4) is 0 Å². The zero-order valence-electron chi connectivity index (χ0n) is 15.0. The highest BCUT2D eigenvalue weighted by Crippen LogP contribution is 2.50. The van der Waals surface area contributed by atoms with Gasteiger partial charge < -0.3 is 9.84 Å². The maximum atomic E-state index is 14.3. The number of hydrogen-bond acceptors (Lipinski definition) is 5. The Kier molecular flexibility index (Phi) is 4.59. The fraction of sp³-hybridized carbons (Fsp3) is 0.350. The van der Waals surface area contributed by atoms with Crippen LogP contribution in [0.15, 0.2) is 35.2 Å². The average Bonchev–Trinajstić information content (AvgIpc) is 2.83. The van der Waals surface area contributed by atoms with Crippen LogP contribution < -0.4 is 4.74 Å². The van der Waals surface area contributed by atoms with Gasteiger partial charge in [-0.15, -0.1) is 0 Å². The van der Waals surface area contributed by atoms with E-state index in [0.717, 1.165) is 24.6 Å². The number of rotatable bonds is 4. The minimum atomic E-state index is -3.87. The van der Waals surface area contributed by atoms with Crippen molar-refractivity contribution in [2.45, 2.75) is 47.9 Å². The molecule has 1 saturated carbocycles. The number of nitrogens with zero attached hydrogens (tertiary/aromatic N) is 1. The number of nitriles is 1. The van der Waals surface area contributed by atoms with Crippen LogP contribution in [0.5, 0.6) is 11.5 Å². The second-order valence-electron chi connectivity index (χ2n) is 7.28. The van der Waals surface area contributed by atoms with Crippen LogP contribution in [-0.4, -0.2) is 24.7 Å². The summed E-state index contributed by atoms with van der Waals surface area (Å²) in [7, 11) is -3.87. The van der Waals surface area contributed by atoms with Crippen LogP contribution in [0.1, 0.15) is 42.1 Å². The van der Waals surface area contributed by atoms with Crippen molar-refractivity contribution >= 4 is 9.84 Å². The summed E-state index contributed by atoms with van der Waals surface area (Å²) in [5.74, 6) is -4.52. The smallest absolute Gasteiger partial charge is 0.281 e. The van der Waals surface area contributed by atoms with E-state index in [1.54, 1.807) is 6.07 Å². The van der Waals surface area contributed by atoms with Gasteiger partial charge in [-0.2, -0.15) is 5.26 Å². The third-order valence-electron chi connectivity index (χ3n) is 5.39. The van der Waals surface area contributed by atoms with Gasteiger partial charge in [0.05, 0.1) is 21.8 Å². The highest BCUT2D eigenvalue weighted by Gasteiger charge is 2.51. The van der Waals surface area contributed by atoms with Crippen molar-refractivity contribution in [1.82, 2.24) is 0 Å². The van der Waals surface area contributed by atoms with Crippen LogP contribution >= 0.6 is 0 Å². The molecule has 2 aliphatic carbocycles. The molecular weight excluding hydrogens is 407 g/mol. The number of halogens is 3. The molecule has 1 atom stereocenters. The third-order valence-corrected chi connectivity index (χ3v) is 7.70. The first kappa shape index (κ1) is 19.7. The minimum Gasteiger partial charge on any atom is -0.457 e. The number of benzene rings is 2. The molecule has 0 heterocycles. The van der Waals surface area contributed by atoms with E-state index in [1.165, 1.54) is 12.1 Å². The molecule has 0 aromatic heterocycles. The first-order chi connectivity index (χ1) is 13.6. The molecule has 0 radical (unpaired) electrons. The summed E-state index contributed by atoms with van der Waals surface area (Å²) in [6, 6.07) is 7.35. The Bertz CT molecular complexity index is 1140. The fourth-order valence-corrected chi connectivity index (χ4v) is 5.78. The van der Waals surface area contributed by atoms with Crippen molar-refractivity contribution in [3.63, 3.8) is 0 Å². The lowest BCUT2D eigenvalue weighted by Gasteiger charge is -2.27. The molecule has 152 valence electrons. The van der Waals surface area contributed by atoms with Crippen molar-refractivity contribution in [2.24, 2.45) is 0 Å². The molecule has 1 fully saturated rings. The summed E-state index contributed by atoms with van der Waals surface area (Å²) in [5.41, 5.74) is -0.520. The van der Waals surface area contributed by atoms with Crippen LogP contribution in [0, 0.1) is 17.1 Å². The Morgan fingerprint density at radius 2 is 1.93 bits per heavy atom. The lowest BCUT2D eigenvalue weighted by Crippen LogP contribution is -2.30. The van der Waals surface area contributed by atoms with Crippen molar-refractivity contribution in [1.29, 1.82) is 5.26 Å². The van der Waals surface area contributed by atoms with Gasteiger partial charge in [0.1, 0.15) is 23.4 Å². The first-order valence-corrected chi connectivity index (χ1v) is 10.5. The first-order valence-electron chi connectivity index (χ1n) is 8.97. The third kappa shape index (κ3) is 3.26. The van der Waals surface area contributed by atoms with E-state index in [-0.39, 0.29) is 33.1 Å². The Labute approximate surface area is 165 Å². The van der Waals surface area contributed by atoms with Crippen LogP contribution in [-0.2, 0) is 16.3 Å². The highest BCUT2D eigenvalue weighted by atomic mass is 32.2. The predicted octanol–water partition coefficient (Wildman–Crippen LogP) is 4.04. The van der Waals surface area contributed by atoms with Gasteiger partial charge in [0.15, 0.2) is 9.84 Å². The molecule has 0 amide bonds. The molecule has 0 spiro atoms. The molecule has 0 saturated heterocycles. The van der Waals surface area contributed by atoms with E-state index in [0.29, 0.717) is 12.8 Å². The maximum Gasteiger partial charge on any atom is 0.281 e. The summed E-state index contributed by atoms with van der Waals surface area (Å²) in [4.78, 5) is -0.314. The van der Waals surface area contributed by atoms with E-state index in [9.17, 15) is 26.7 Å². The van der Waals surface area contributed by atoms with E-state index >= 15 is 0 Å². The number of aliphatic hydroxyl groups excluding tert-OH is 1. The van der Waals surface area contributed by atoms with Gasteiger partial charge in [0.2, 0.25) is 0 Å². The van der Waals surface area contributed by atoms with Gasteiger partial charge in [-0.3, -0.25) is 0 Å². The minimum absolute atomic E-state index is 0.0220. The zero-order valence-corrected chi connectivity index (χ0v) is 15.8. The molecule has 2 aliphatic rings. The normalized spacial score (nSPS) is 20.6. The number of fused-ring (bicyclic) bond motifs is 1. The van der Waals surface area contributed by atoms with Gasteiger partial charge in [0.25, 0.3) is 5.92 Å². The number of alkyl halides is 2. The Hall–Kier alpha value is -2.57. The summed E-state index contributed by atoms with van der Waals surface area (Å²) in [5, 5.41) is 18.5. The molecule has 0 aliphatic heterocycles. The Morgan fingerprint density at radius 1 is 1.21 bits per heavy atom. The fourth-order valence-electron chi connectivity index (χ4n) is 3.67. The van der Waals surface area contributed by atoms with Crippen LogP contribution in [0.25, 0.3) is 0 Å². The summed E-state index contributed by atoms with van der Waals surface area (Å²) < 4.78 is 73.5. The lowest BCUT2D eigenvalue weighted by molar-refractivity contribution is -0.0976. The molecular formula is C20H16F3NO4S. The quantitative estimate of drug-likeness (QED) is 0.802. The predicted molar refractivity (Wildman–Crippen MR) is 96.1 cm³/mol. The van der Waals surface area contributed by atoms with E-state index in [2.05, 4.69) is 0 Å². The van der Waals surface area contributed by atoms with Crippen LogP contribution in [0.2, 0.25) is 0 Å². The Balaban J connectivity index is 1.82. The van der Waals surface area contributed by atoms with E-state index in [1.807, 2.05) is 0 Å². The Morgan fingerprint density at radius 3 is 2.55 bits per heavy atom. The number of aliphatic hydroxyl groups is 1. The van der Waals surface area contributed by atoms with E-state index < -0.39 is 39.4 Å². The van der Waals surface area contributed by atoms with E-state index in [4.69, 9.17) is 10.00 Å². The van der Waals surface area contributed by atoms with Gasteiger partial charge in [-0.05, 0) is 37.1 Å². The molecule has 29 heavy (non-hydrogen) atoms. The van der Waals surface area contributed by atoms with Crippen LogP contribution in [0.4, 0.5) is 13.2 Å². The molecule has 2 aromatic rings. The van der Waals surface area contributed by atoms with Crippen molar-refractivity contribution in [3.05, 3.63) is 52.8 Å². The molecule has 0 bridgehead atoms. The number of ether oxygens (including phenoxy) is 1. The number of sulfone groups is 1. The molecule has 9 heteroatoms. The zero-order chi connectivity index (χ0) is 21.0. The average molecular weight is 423 g/mol. The molecule has 5 nitrogen and oxygen atoms in total. The topological polar surface area (TPSA) is 87.4 Å². The molecule has 2 aromatic carbocycles. The number of hydrogen-bond donors (Lipinski definition) is 1. The molecule has 4 rings (SSSR count). The standard InChI is InChI=1S/C20H16F3NO4S/c21-12-6-11(10-24)7-13(8-12)28-16-4-5-17(29(26,27)14-2-1-3-14)18-15(16)9-20(22,23)19(18)25/h4-8,14,19,25H,1-3,9H2/t19-/m0/s1. The largest absolute Gasteiger partial charge is 0.457 e.